The molecular formula is C26H26ClNO2S. The fraction of sp³-hybridized carbons (Fsp3) is 0.385. The van der Waals surface area contributed by atoms with E-state index in [0.29, 0.717) is 30.2 Å². The molecule has 3 aromatic rings. The van der Waals surface area contributed by atoms with Crippen LogP contribution in [0.25, 0.3) is 10.1 Å². The Labute approximate surface area is 192 Å². The zero-order valence-electron chi connectivity index (χ0n) is 17.5. The average Bonchev–Trinajstić information content (AvgIpc) is 3.20. The van der Waals surface area contributed by atoms with Crippen molar-refractivity contribution in [1.82, 2.24) is 4.90 Å². The Kier molecular flexibility index (Phi) is 5.96. The van der Waals surface area contributed by atoms with Gasteiger partial charge in [0.2, 0.25) is 0 Å². The molecule has 6 rings (SSSR count). The monoisotopic (exact) mass is 451 g/mol. The molecule has 1 atom stereocenters. The van der Waals surface area contributed by atoms with Gasteiger partial charge in [0.05, 0.1) is 4.88 Å². The summed E-state index contributed by atoms with van der Waals surface area (Å²) in [5.41, 5.74) is 1.98. The molecular weight excluding hydrogens is 426 g/mol. The van der Waals surface area contributed by atoms with Crippen molar-refractivity contribution in [2.24, 2.45) is 11.8 Å². The summed E-state index contributed by atoms with van der Waals surface area (Å²) in [5.74, 6) is 1.69. The molecule has 2 aromatic carbocycles. The van der Waals surface area contributed by atoms with Crippen LogP contribution in [-0.2, 0) is 17.6 Å². The first kappa shape index (κ1) is 20.9. The second kappa shape index (κ2) is 8.85. The number of ketones is 2. The molecule has 3 fully saturated rings. The molecule has 0 unspecified atom stereocenters. The normalized spacial score (nSPS) is 22.7. The van der Waals surface area contributed by atoms with E-state index in [0.717, 1.165) is 38.6 Å². The standard InChI is InChI=1S/C26H26ClNO2S/c27-22-5-2-17(3-6-22)11-23(29)12-18-1-4-20-15-26(31-25(20)13-18)24(30)14-21-16-28-9-7-19(21)8-10-28/h1-6,13,15,19,21H,7-12,14,16H2/t21-/m0/s1. The molecule has 3 aliphatic heterocycles. The topological polar surface area (TPSA) is 37.4 Å². The molecule has 3 nitrogen and oxygen atoms in total. The first-order chi connectivity index (χ1) is 15.0. The number of halogens is 1. The highest BCUT2D eigenvalue weighted by Crippen LogP contribution is 2.36. The van der Waals surface area contributed by atoms with Gasteiger partial charge in [0.25, 0.3) is 0 Å². The summed E-state index contributed by atoms with van der Waals surface area (Å²) in [6, 6.07) is 15.6. The average molecular weight is 452 g/mol. The van der Waals surface area contributed by atoms with Crippen LogP contribution in [0.15, 0.2) is 48.5 Å². The Bertz CT molecular complexity index is 1110. The summed E-state index contributed by atoms with van der Waals surface area (Å²) in [6.07, 6.45) is 3.97. The van der Waals surface area contributed by atoms with E-state index < -0.39 is 0 Å². The minimum Gasteiger partial charge on any atom is -0.303 e. The SMILES string of the molecule is O=C(Cc1ccc(Cl)cc1)Cc1ccc2cc(C(=O)C[C@H]3CN4CCC3CC4)sc2c1. The van der Waals surface area contributed by atoms with Crippen LogP contribution in [0.2, 0.25) is 5.02 Å². The van der Waals surface area contributed by atoms with E-state index in [-0.39, 0.29) is 11.6 Å². The van der Waals surface area contributed by atoms with Gasteiger partial charge in [-0.2, -0.15) is 0 Å². The van der Waals surface area contributed by atoms with Crippen molar-refractivity contribution < 1.29 is 9.59 Å². The van der Waals surface area contributed by atoms with Crippen molar-refractivity contribution in [2.75, 3.05) is 19.6 Å². The molecule has 5 heteroatoms. The van der Waals surface area contributed by atoms with E-state index in [4.69, 9.17) is 11.6 Å². The summed E-state index contributed by atoms with van der Waals surface area (Å²) in [7, 11) is 0. The van der Waals surface area contributed by atoms with Gasteiger partial charge >= 0.3 is 0 Å². The highest BCUT2D eigenvalue weighted by molar-refractivity contribution is 7.20. The summed E-state index contributed by atoms with van der Waals surface area (Å²) in [5, 5.41) is 1.77. The van der Waals surface area contributed by atoms with Crippen LogP contribution in [0.3, 0.4) is 0 Å². The fourth-order valence-corrected chi connectivity index (χ4v) is 6.30. The maximum Gasteiger partial charge on any atom is 0.173 e. The van der Waals surface area contributed by atoms with Crippen LogP contribution in [0, 0.1) is 11.8 Å². The van der Waals surface area contributed by atoms with Crippen LogP contribution < -0.4 is 0 Å². The van der Waals surface area contributed by atoms with Crippen LogP contribution in [-0.4, -0.2) is 36.1 Å². The number of nitrogens with zero attached hydrogens (tertiary/aromatic N) is 1. The van der Waals surface area contributed by atoms with Gasteiger partial charge in [0, 0.05) is 35.5 Å². The van der Waals surface area contributed by atoms with Crippen molar-refractivity contribution in [3.63, 3.8) is 0 Å². The van der Waals surface area contributed by atoms with Crippen molar-refractivity contribution in [3.8, 4) is 0 Å². The number of hydrogen-bond acceptors (Lipinski definition) is 4. The van der Waals surface area contributed by atoms with Gasteiger partial charge in [-0.1, -0.05) is 35.9 Å². The molecule has 2 bridgehead atoms. The molecule has 3 saturated heterocycles. The molecule has 1 aromatic heterocycles. The number of rotatable bonds is 7. The van der Waals surface area contributed by atoms with Crippen LogP contribution in [0.1, 0.15) is 40.1 Å². The third-order valence-corrected chi connectivity index (χ3v) is 8.21. The van der Waals surface area contributed by atoms with E-state index in [1.807, 2.05) is 42.5 Å². The second-order valence-corrected chi connectivity index (χ2v) is 10.5. The molecule has 0 radical (unpaired) electrons. The Hall–Kier alpha value is -2.01. The molecule has 4 heterocycles. The summed E-state index contributed by atoms with van der Waals surface area (Å²) in [6.45, 7) is 3.50. The Balaban J connectivity index is 1.24. The van der Waals surface area contributed by atoms with Crippen LogP contribution in [0.4, 0.5) is 0 Å². The number of fused-ring (bicyclic) bond motifs is 4. The third-order valence-electron chi connectivity index (χ3n) is 6.81. The lowest BCUT2D eigenvalue weighted by Gasteiger charge is -2.44. The first-order valence-corrected chi connectivity index (χ1v) is 12.3. The largest absolute Gasteiger partial charge is 0.303 e. The van der Waals surface area contributed by atoms with Crippen LogP contribution >= 0.6 is 22.9 Å². The summed E-state index contributed by atoms with van der Waals surface area (Å²) in [4.78, 5) is 28.9. The lowest BCUT2D eigenvalue weighted by molar-refractivity contribution is -0.117. The zero-order chi connectivity index (χ0) is 21.4. The van der Waals surface area contributed by atoms with Gasteiger partial charge in [-0.3, -0.25) is 9.59 Å². The number of carbonyl (C=O) groups excluding carboxylic acids is 2. The number of piperidine rings is 3. The highest BCUT2D eigenvalue weighted by Gasteiger charge is 2.35. The van der Waals surface area contributed by atoms with Gasteiger partial charge in [0.15, 0.2) is 5.78 Å². The van der Waals surface area contributed by atoms with Gasteiger partial charge in [-0.25, -0.2) is 0 Å². The summed E-state index contributed by atoms with van der Waals surface area (Å²) < 4.78 is 1.09. The van der Waals surface area contributed by atoms with E-state index >= 15 is 0 Å². The quantitative estimate of drug-likeness (QED) is 0.424. The van der Waals surface area contributed by atoms with Crippen molar-refractivity contribution >= 4 is 44.6 Å². The van der Waals surface area contributed by atoms with Gasteiger partial charge in [-0.15, -0.1) is 11.3 Å². The minimum atomic E-state index is 0.178. The number of Topliss-reactive ketones (excluding diaryl/α,β-unsaturated/α-hetero) is 2. The molecule has 31 heavy (non-hydrogen) atoms. The van der Waals surface area contributed by atoms with Crippen molar-refractivity contribution in [1.29, 1.82) is 0 Å². The molecule has 0 saturated carbocycles. The number of hydrogen-bond donors (Lipinski definition) is 0. The third kappa shape index (κ3) is 4.77. The maximum absolute atomic E-state index is 13.0. The molecule has 160 valence electrons. The molecule has 0 spiro atoms. The Morgan fingerprint density at radius 2 is 1.68 bits per heavy atom. The second-order valence-electron chi connectivity index (χ2n) is 9.03. The Morgan fingerprint density at radius 1 is 0.968 bits per heavy atom. The van der Waals surface area contributed by atoms with E-state index in [1.54, 1.807) is 11.3 Å². The van der Waals surface area contributed by atoms with Gasteiger partial charge < -0.3 is 4.90 Å². The predicted molar refractivity (Wildman–Crippen MR) is 127 cm³/mol. The number of carbonyl (C=O) groups is 2. The molecule has 0 amide bonds. The maximum atomic E-state index is 13.0. The molecule has 0 aliphatic carbocycles. The number of benzene rings is 2. The lowest BCUT2D eigenvalue weighted by atomic mass is 9.76. The Morgan fingerprint density at radius 3 is 2.39 bits per heavy atom. The highest BCUT2D eigenvalue weighted by atomic mass is 35.5. The lowest BCUT2D eigenvalue weighted by Crippen LogP contribution is -2.47. The zero-order valence-corrected chi connectivity index (χ0v) is 19.1. The number of thiophene rings is 1. The van der Waals surface area contributed by atoms with Gasteiger partial charge in [0.1, 0.15) is 5.78 Å². The van der Waals surface area contributed by atoms with Crippen molar-refractivity contribution in [2.45, 2.75) is 32.1 Å². The van der Waals surface area contributed by atoms with Gasteiger partial charge in [-0.05, 0) is 78.5 Å². The summed E-state index contributed by atoms with van der Waals surface area (Å²) >= 11 is 7.49. The minimum absolute atomic E-state index is 0.178. The van der Waals surface area contributed by atoms with E-state index in [1.165, 1.54) is 25.9 Å². The fourth-order valence-electron chi connectivity index (χ4n) is 5.10. The smallest absolute Gasteiger partial charge is 0.173 e. The predicted octanol–water partition coefficient (Wildman–Crippen LogP) is 5.82. The molecule has 3 aliphatic rings. The van der Waals surface area contributed by atoms with Crippen molar-refractivity contribution in [3.05, 3.63) is 69.6 Å². The van der Waals surface area contributed by atoms with E-state index in [9.17, 15) is 9.59 Å². The van der Waals surface area contributed by atoms with Crippen LogP contribution in [0.5, 0.6) is 0 Å². The first-order valence-electron chi connectivity index (χ1n) is 11.1. The molecule has 0 N–H and O–H groups in total. The van der Waals surface area contributed by atoms with E-state index in [2.05, 4.69) is 11.0 Å².